The van der Waals surface area contributed by atoms with Gasteiger partial charge in [0.2, 0.25) is 5.12 Å². The molecule has 1 aliphatic heterocycles. The third kappa shape index (κ3) is 8.65. The fourth-order valence-corrected chi connectivity index (χ4v) is 3.92. The Balaban J connectivity index is 0.00000158. The number of rotatable bonds is 4. The largest absolute Gasteiger partial charge is 0.357 e. The second-order valence-corrected chi connectivity index (χ2v) is 6.87. The van der Waals surface area contributed by atoms with E-state index in [-0.39, 0.29) is 23.6 Å². The molecule has 1 aliphatic rings. The molecule has 0 radical (unpaired) electrons. The average molecular weight is 395 g/mol. The number of allylic oxidation sites excluding steroid dienone is 1. The molecule has 3 unspecified atom stereocenters. The summed E-state index contributed by atoms with van der Waals surface area (Å²) in [6.07, 6.45) is 5.58. The first-order valence-electron chi connectivity index (χ1n) is 9.45. The Morgan fingerprint density at radius 1 is 1.22 bits per heavy atom. The normalized spacial score (nSPS) is 23.1. The van der Waals surface area contributed by atoms with Crippen molar-refractivity contribution in [2.45, 2.75) is 57.5 Å². The molecule has 1 aromatic carbocycles. The Morgan fingerprint density at radius 2 is 1.81 bits per heavy atom. The molecule has 0 saturated carbocycles. The highest BCUT2D eigenvalue weighted by molar-refractivity contribution is 8.01. The minimum Gasteiger partial charge on any atom is -0.357 e. The predicted octanol–water partition coefficient (Wildman–Crippen LogP) is 4.75. The van der Waals surface area contributed by atoms with Crippen LogP contribution in [0.25, 0.3) is 0 Å². The summed E-state index contributed by atoms with van der Waals surface area (Å²) in [5, 5.41) is 23.5. The van der Waals surface area contributed by atoms with Crippen LogP contribution < -0.4 is 10.6 Å². The number of amides is 2. The van der Waals surface area contributed by atoms with E-state index in [0.717, 1.165) is 11.8 Å². The monoisotopic (exact) mass is 394 g/mol. The summed E-state index contributed by atoms with van der Waals surface area (Å²) in [5.74, 6) is -0.0588. The van der Waals surface area contributed by atoms with Crippen molar-refractivity contribution < 1.29 is 15.0 Å². The van der Waals surface area contributed by atoms with Crippen LogP contribution in [0.5, 0.6) is 0 Å². The molecule has 4 N–H and O–H groups in total. The van der Waals surface area contributed by atoms with E-state index in [4.69, 9.17) is 0 Å². The summed E-state index contributed by atoms with van der Waals surface area (Å²) < 4.78 is 0. The maximum absolute atomic E-state index is 12.2. The quantitative estimate of drug-likeness (QED) is 0.439. The molecule has 1 fully saturated rings. The van der Waals surface area contributed by atoms with Gasteiger partial charge in [-0.05, 0) is 19.1 Å². The van der Waals surface area contributed by atoms with Crippen molar-refractivity contribution in [3.8, 4) is 0 Å². The lowest BCUT2D eigenvalue weighted by Gasteiger charge is -2.41. The van der Waals surface area contributed by atoms with Crippen molar-refractivity contribution in [2.75, 3.05) is 5.32 Å². The fourth-order valence-electron chi connectivity index (χ4n) is 2.67. The molecular weight excluding hydrogens is 360 g/mol. The lowest BCUT2D eigenvalue weighted by molar-refractivity contribution is -0.0930. The number of carbonyl (C=O) groups excluding carboxylic acids is 1. The summed E-state index contributed by atoms with van der Waals surface area (Å²) in [6.45, 7) is 13.7. The maximum atomic E-state index is 12.2. The maximum Gasteiger partial charge on any atom is 0.319 e. The average Bonchev–Trinajstić information content (AvgIpc) is 2.67. The van der Waals surface area contributed by atoms with Gasteiger partial charge in [0.1, 0.15) is 0 Å². The van der Waals surface area contributed by atoms with Gasteiger partial charge < -0.3 is 20.8 Å². The second-order valence-electron chi connectivity index (χ2n) is 5.44. The van der Waals surface area contributed by atoms with Crippen molar-refractivity contribution in [1.82, 2.24) is 5.32 Å². The summed E-state index contributed by atoms with van der Waals surface area (Å²) >= 11 is 1.04. The molecule has 27 heavy (non-hydrogen) atoms. The van der Waals surface area contributed by atoms with E-state index in [2.05, 4.69) is 17.2 Å². The van der Waals surface area contributed by atoms with Gasteiger partial charge in [-0.3, -0.25) is 0 Å². The molecular formula is C21H34N2O3S. The number of thioether (sulfide) groups is 1. The zero-order chi connectivity index (χ0) is 20.9. The topological polar surface area (TPSA) is 81.6 Å². The van der Waals surface area contributed by atoms with Crippen molar-refractivity contribution in [1.29, 1.82) is 0 Å². The van der Waals surface area contributed by atoms with Crippen LogP contribution in [-0.2, 0) is 0 Å². The molecule has 0 aliphatic carbocycles. The van der Waals surface area contributed by atoms with E-state index in [1.165, 1.54) is 0 Å². The molecule has 5 nitrogen and oxygen atoms in total. The van der Waals surface area contributed by atoms with Crippen LogP contribution in [0.3, 0.4) is 0 Å². The Hall–Kier alpha value is -1.76. The number of urea groups is 1. The van der Waals surface area contributed by atoms with Gasteiger partial charge in [0, 0.05) is 29.3 Å². The molecule has 0 bridgehead atoms. The molecule has 1 saturated heterocycles. The van der Waals surface area contributed by atoms with Crippen LogP contribution in [0.2, 0.25) is 0 Å². The van der Waals surface area contributed by atoms with Crippen molar-refractivity contribution >= 4 is 23.5 Å². The van der Waals surface area contributed by atoms with E-state index in [0.29, 0.717) is 5.69 Å². The zero-order valence-electron chi connectivity index (χ0n) is 17.0. The Kier molecular flexibility index (Phi) is 12.5. The first-order valence-corrected chi connectivity index (χ1v) is 10.3. The van der Waals surface area contributed by atoms with Gasteiger partial charge in [0.15, 0.2) is 0 Å². The molecule has 0 spiro atoms. The molecule has 1 heterocycles. The molecule has 6 heteroatoms. The minimum atomic E-state index is -1.89. The third-order valence-corrected chi connectivity index (χ3v) is 4.97. The minimum absolute atomic E-state index is 0.0409. The van der Waals surface area contributed by atoms with Gasteiger partial charge in [-0.1, -0.05) is 75.9 Å². The highest BCUT2D eigenvalue weighted by atomic mass is 32.2. The summed E-state index contributed by atoms with van der Waals surface area (Å²) in [7, 11) is 0. The third-order valence-electron chi connectivity index (χ3n) is 3.65. The number of benzene rings is 1. The molecule has 2 rings (SSSR count). The van der Waals surface area contributed by atoms with E-state index in [9.17, 15) is 15.0 Å². The first kappa shape index (κ1) is 25.2. The molecule has 2 amide bonds. The molecule has 152 valence electrons. The van der Waals surface area contributed by atoms with Crippen molar-refractivity contribution in [3.05, 3.63) is 55.1 Å². The highest BCUT2D eigenvalue weighted by Gasteiger charge is 2.43. The number of anilines is 1. The van der Waals surface area contributed by atoms with Crippen LogP contribution in [-0.4, -0.2) is 32.7 Å². The fraction of sp³-hybridized carbons (Fsp3) is 0.476. The highest BCUT2D eigenvalue weighted by Crippen LogP contribution is 2.42. The number of carbonyl (C=O) groups is 1. The molecule has 3 atom stereocenters. The summed E-state index contributed by atoms with van der Waals surface area (Å²) in [5.41, 5.74) is 0.678. The van der Waals surface area contributed by atoms with E-state index >= 15 is 0 Å². The smallest absolute Gasteiger partial charge is 0.319 e. The van der Waals surface area contributed by atoms with Crippen LogP contribution in [0.15, 0.2) is 55.1 Å². The number of hydrogen-bond donors (Lipinski definition) is 4. The lowest BCUT2D eigenvalue weighted by atomic mass is 9.91. The van der Waals surface area contributed by atoms with Gasteiger partial charge in [0.25, 0.3) is 0 Å². The lowest BCUT2D eigenvalue weighted by Crippen LogP contribution is -2.52. The van der Waals surface area contributed by atoms with E-state index in [1.807, 2.05) is 65.0 Å². The van der Waals surface area contributed by atoms with E-state index < -0.39 is 11.2 Å². The molecule has 0 aromatic heterocycles. The Labute approximate surface area is 168 Å². The Bertz CT molecular complexity index is 576. The molecule has 1 aromatic rings. The number of hydrogen-bond acceptors (Lipinski definition) is 4. The van der Waals surface area contributed by atoms with Gasteiger partial charge >= 0.3 is 6.03 Å². The number of nitrogens with one attached hydrogen (secondary N) is 2. The SMILES string of the molecule is C=CC1SC(O)(O)CC(NC(=O)Nc2ccccc2)C1/C=C\C.CC.CC. The van der Waals surface area contributed by atoms with Crippen LogP contribution in [0.4, 0.5) is 10.5 Å². The van der Waals surface area contributed by atoms with Crippen LogP contribution in [0.1, 0.15) is 41.0 Å². The first-order chi connectivity index (χ1) is 12.9. The number of aliphatic hydroxyl groups is 2. The summed E-state index contributed by atoms with van der Waals surface area (Å²) in [4.78, 5) is 12.2. The van der Waals surface area contributed by atoms with Gasteiger partial charge in [0.05, 0.1) is 0 Å². The van der Waals surface area contributed by atoms with E-state index in [1.54, 1.807) is 18.2 Å². The van der Waals surface area contributed by atoms with Crippen LogP contribution in [0, 0.1) is 5.92 Å². The summed E-state index contributed by atoms with van der Waals surface area (Å²) in [6, 6.07) is 8.31. The van der Waals surface area contributed by atoms with Gasteiger partial charge in [-0.2, -0.15) is 0 Å². The zero-order valence-corrected chi connectivity index (χ0v) is 17.8. The standard InChI is InChI=1S/C17H22N2O3S.2C2H6/c1-3-8-13-14(11-17(21,22)23-15(13)4-2)19-16(20)18-12-9-6-5-7-10-12;2*1-2/h3-10,13-15,21-22H,2,11H2,1H3,(H2,18,19,20);2*1-2H3/b8-3-;;. The van der Waals surface area contributed by atoms with Crippen molar-refractivity contribution in [2.24, 2.45) is 5.92 Å². The van der Waals surface area contributed by atoms with Gasteiger partial charge in [-0.15, -0.1) is 6.58 Å². The predicted molar refractivity (Wildman–Crippen MR) is 117 cm³/mol. The Morgan fingerprint density at radius 3 is 2.33 bits per heavy atom. The van der Waals surface area contributed by atoms with Crippen LogP contribution >= 0.6 is 11.8 Å². The van der Waals surface area contributed by atoms with Crippen molar-refractivity contribution in [3.63, 3.8) is 0 Å². The number of para-hydroxylation sites is 1. The van der Waals surface area contributed by atoms with Gasteiger partial charge in [-0.25, -0.2) is 4.79 Å². The second kappa shape index (κ2) is 13.4.